The molecule has 0 fully saturated rings. The molecule has 0 aromatic heterocycles. The molecule has 16 heavy (non-hydrogen) atoms. The van der Waals surface area contributed by atoms with Crippen molar-refractivity contribution in [2.75, 3.05) is 11.4 Å². The fourth-order valence-corrected chi connectivity index (χ4v) is 2.15. The maximum Gasteiger partial charge on any atom is 0.129 e. The standard InChI is InChI=1S/C13H19ClFN/c1-4-10(3)16(5-2)13-8-6-7-12(15)11(13)9-14/h6-8,10H,4-5,9H2,1-3H3. The van der Waals surface area contributed by atoms with E-state index in [0.29, 0.717) is 11.6 Å². The van der Waals surface area contributed by atoms with E-state index in [1.807, 2.05) is 6.07 Å². The minimum Gasteiger partial charge on any atom is -0.369 e. The average molecular weight is 244 g/mol. The van der Waals surface area contributed by atoms with Gasteiger partial charge in [-0.25, -0.2) is 4.39 Å². The van der Waals surface area contributed by atoms with Crippen molar-refractivity contribution in [3.8, 4) is 0 Å². The molecule has 0 aliphatic heterocycles. The molecule has 1 rings (SSSR count). The Morgan fingerprint density at radius 2 is 2.06 bits per heavy atom. The van der Waals surface area contributed by atoms with Gasteiger partial charge in [0.05, 0.1) is 5.88 Å². The molecule has 0 aliphatic rings. The van der Waals surface area contributed by atoms with Gasteiger partial charge in [-0.2, -0.15) is 0 Å². The van der Waals surface area contributed by atoms with Crippen molar-refractivity contribution in [2.24, 2.45) is 0 Å². The molecule has 0 aliphatic carbocycles. The van der Waals surface area contributed by atoms with Crippen molar-refractivity contribution in [3.05, 3.63) is 29.6 Å². The summed E-state index contributed by atoms with van der Waals surface area (Å²) in [4.78, 5) is 2.20. The Bertz CT molecular complexity index is 341. The molecule has 0 radical (unpaired) electrons. The van der Waals surface area contributed by atoms with Gasteiger partial charge >= 0.3 is 0 Å². The van der Waals surface area contributed by atoms with Gasteiger partial charge in [-0.05, 0) is 32.4 Å². The summed E-state index contributed by atoms with van der Waals surface area (Å²) < 4.78 is 13.6. The largest absolute Gasteiger partial charge is 0.369 e. The molecule has 0 amide bonds. The minimum atomic E-state index is -0.214. The van der Waals surface area contributed by atoms with Crippen molar-refractivity contribution >= 4 is 17.3 Å². The fourth-order valence-electron chi connectivity index (χ4n) is 1.89. The van der Waals surface area contributed by atoms with Crippen LogP contribution in [0.1, 0.15) is 32.8 Å². The van der Waals surface area contributed by atoms with Gasteiger partial charge in [0.25, 0.3) is 0 Å². The molecule has 0 saturated carbocycles. The first-order valence-corrected chi connectivity index (χ1v) is 6.29. The Labute approximate surface area is 102 Å². The highest BCUT2D eigenvalue weighted by molar-refractivity contribution is 6.17. The van der Waals surface area contributed by atoms with Crippen LogP contribution in [0.3, 0.4) is 0 Å². The summed E-state index contributed by atoms with van der Waals surface area (Å²) in [6.45, 7) is 7.22. The Morgan fingerprint density at radius 1 is 1.38 bits per heavy atom. The first kappa shape index (κ1) is 13.3. The lowest BCUT2D eigenvalue weighted by Crippen LogP contribution is -2.33. The van der Waals surface area contributed by atoms with Gasteiger partial charge in [0.15, 0.2) is 0 Å². The van der Waals surface area contributed by atoms with Crippen LogP contribution in [-0.4, -0.2) is 12.6 Å². The SMILES string of the molecule is CCC(C)N(CC)c1cccc(F)c1CCl. The summed E-state index contributed by atoms with van der Waals surface area (Å²) in [5, 5.41) is 0. The highest BCUT2D eigenvalue weighted by Crippen LogP contribution is 2.27. The van der Waals surface area contributed by atoms with Crippen LogP contribution in [0.5, 0.6) is 0 Å². The molecule has 1 nitrogen and oxygen atoms in total. The zero-order chi connectivity index (χ0) is 12.1. The summed E-state index contributed by atoms with van der Waals surface area (Å²) in [6.07, 6.45) is 1.03. The van der Waals surface area contributed by atoms with Crippen LogP contribution in [0.15, 0.2) is 18.2 Å². The number of benzene rings is 1. The van der Waals surface area contributed by atoms with E-state index in [2.05, 4.69) is 25.7 Å². The molecule has 1 aromatic rings. The Balaban J connectivity index is 3.14. The summed E-state index contributed by atoms with van der Waals surface area (Å²) in [7, 11) is 0. The second kappa shape index (κ2) is 6.09. The van der Waals surface area contributed by atoms with Gasteiger partial charge in [0.2, 0.25) is 0 Å². The molecule has 3 heteroatoms. The maximum atomic E-state index is 13.6. The van der Waals surface area contributed by atoms with Gasteiger partial charge in [0, 0.05) is 23.8 Å². The molecule has 0 spiro atoms. The van der Waals surface area contributed by atoms with E-state index in [9.17, 15) is 4.39 Å². The van der Waals surface area contributed by atoms with Crippen LogP contribution in [0.25, 0.3) is 0 Å². The quantitative estimate of drug-likeness (QED) is 0.701. The third-order valence-electron chi connectivity index (χ3n) is 3.00. The normalized spacial score (nSPS) is 12.6. The Hall–Kier alpha value is -0.760. The predicted octanol–water partition coefficient (Wildman–Crippen LogP) is 4.19. The summed E-state index contributed by atoms with van der Waals surface area (Å²) in [5.74, 6) is 0.00355. The molecule has 1 aromatic carbocycles. The predicted molar refractivity (Wildman–Crippen MR) is 68.7 cm³/mol. The van der Waals surface area contributed by atoms with Crippen LogP contribution in [0, 0.1) is 5.82 Å². The van der Waals surface area contributed by atoms with Crippen molar-refractivity contribution in [1.82, 2.24) is 0 Å². The minimum absolute atomic E-state index is 0.214. The van der Waals surface area contributed by atoms with E-state index < -0.39 is 0 Å². The van der Waals surface area contributed by atoms with Gasteiger partial charge in [0.1, 0.15) is 5.82 Å². The summed E-state index contributed by atoms with van der Waals surface area (Å²) >= 11 is 5.82. The third kappa shape index (κ3) is 2.67. The number of alkyl halides is 1. The van der Waals surface area contributed by atoms with Crippen LogP contribution in [0.2, 0.25) is 0 Å². The van der Waals surface area contributed by atoms with Crippen molar-refractivity contribution in [3.63, 3.8) is 0 Å². The molecule has 1 atom stereocenters. The topological polar surface area (TPSA) is 3.24 Å². The summed E-state index contributed by atoms with van der Waals surface area (Å²) in [5.41, 5.74) is 1.53. The molecular formula is C13H19ClFN. The second-order valence-corrected chi connectivity index (χ2v) is 4.18. The van der Waals surface area contributed by atoms with Crippen molar-refractivity contribution < 1.29 is 4.39 Å². The molecule has 0 bridgehead atoms. The van der Waals surface area contributed by atoms with Crippen molar-refractivity contribution in [2.45, 2.75) is 39.1 Å². The summed E-state index contributed by atoms with van der Waals surface area (Å²) in [6, 6.07) is 5.54. The van der Waals surface area contributed by atoms with Gasteiger partial charge < -0.3 is 4.90 Å². The molecular weight excluding hydrogens is 225 g/mol. The fraction of sp³-hybridized carbons (Fsp3) is 0.538. The monoisotopic (exact) mass is 243 g/mol. The lowest BCUT2D eigenvalue weighted by atomic mass is 10.1. The number of rotatable bonds is 5. The number of halogens is 2. The van der Waals surface area contributed by atoms with Crippen molar-refractivity contribution in [1.29, 1.82) is 0 Å². The first-order chi connectivity index (χ1) is 7.65. The number of hydrogen-bond donors (Lipinski definition) is 0. The lowest BCUT2D eigenvalue weighted by molar-refractivity contribution is 0.602. The molecule has 1 unspecified atom stereocenters. The van der Waals surface area contributed by atoms with Crippen LogP contribution in [-0.2, 0) is 5.88 Å². The van der Waals surface area contributed by atoms with Crippen LogP contribution >= 0.6 is 11.6 Å². The molecule has 0 N–H and O–H groups in total. The second-order valence-electron chi connectivity index (χ2n) is 3.91. The van der Waals surface area contributed by atoms with E-state index in [-0.39, 0.29) is 11.7 Å². The highest BCUT2D eigenvalue weighted by Gasteiger charge is 2.16. The number of nitrogens with zero attached hydrogens (tertiary/aromatic N) is 1. The van der Waals surface area contributed by atoms with E-state index in [1.165, 1.54) is 6.07 Å². The Kier molecular flexibility index (Phi) is 5.07. The third-order valence-corrected chi connectivity index (χ3v) is 3.27. The van der Waals surface area contributed by atoms with Gasteiger partial charge in [-0.15, -0.1) is 11.6 Å². The number of anilines is 1. The van der Waals surface area contributed by atoms with Crippen LogP contribution in [0.4, 0.5) is 10.1 Å². The van der Waals surface area contributed by atoms with Gasteiger partial charge in [-0.1, -0.05) is 13.0 Å². The first-order valence-electron chi connectivity index (χ1n) is 5.75. The zero-order valence-electron chi connectivity index (χ0n) is 10.1. The maximum absolute atomic E-state index is 13.6. The molecule has 0 saturated heterocycles. The van der Waals surface area contributed by atoms with E-state index in [1.54, 1.807) is 6.07 Å². The highest BCUT2D eigenvalue weighted by atomic mass is 35.5. The zero-order valence-corrected chi connectivity index (χ0v) is 10.9. The van der Waals surface area contributed by atoms with Crippen LogP contribution < -0.4 is 4.90 Å². The lowest BCUT2D eigenvalue weighted by Gasteiger charge is -2.31. The molecule has 0 heterocycles. The average Bonchev–Trinajstić information content (AvgIpc) is 2.30. The molecule has 90 valence electrons. The number of hydrogen-bond acceptors (Lipinski definition) is 1. The van der Waals surface area contributed by atoms with E-state index in [0.717, 1.165) is 18.7 Å². The van der Waals surface area contributed by atoms with E-state index >= 15 is 0 Å². The van der Waals surface area contributed by atoms with Gasteiger partial charge in [-0.3, -0.25) is 0 Å². The van der Waals surface area contributed by atoms with E-state index in [4.69, 9.17) is 11.6 Å². The Morgan fingerprint density at radius 3 is 2.56 bits per heavy atom. The smallest absolute Gasteiger partial charge is 0.129 e.